The molecular formula is C20H14N2. The van der Waals surface area contributed by atoms with Crippen LogP contribution < -0.4 is 0 Å². The number of benzene rings is 2. The third-order valence-electron chi connectivity index (χ3n) is 3.92. The van der Waals surface area contributed by atoms with Crippen LogP contribution in [-0.2, 0) is 0 Å². The Balaban J connectivity index is 2.08. The first kappa shape index (κ1) is 12.7. The Bertz CT molecular complexity index is 985. The molecule has 0 spiro atoms. The van der Waals surface area contributed by atoms with Crippen LogP contribution in [0.2, 0.25) is 0 Å². The third-order valence-corrected chi connectivity index (χ3v) is 3.92. The van der Waals surface area contributed by atoms with Crippen LogP contribution in [-0.4, -0.2) is 9.97 Å². The quantitative estimate of drug-likeness (QED) is 0.478. The molecule has 0 unspecified atom stereocenters. The summed E-state index contributed by atoms with van der Waals surface area (Å²) in [7, 11) is 0. The third kappa shape index (κ3) is 1.97. The number of pyridine rings is 2. The van der Waals surface area contributed by atoms with Crippen molar-refractivity contribution in [2.45, 2.75) is 0 Å². The van der Waals surface area contributed by atoms with Crippen molar-refractivity contribution < 1.29 is 0 Å². The Hall–Kier alpha value is -3.00. The van der Waals surface area contributed by atoms with Gasteiger partial charge in [-0.2, -0.15) is 0 Å². The normalized spacial score (nSPS) is 10.9. The van der Waals surface area contributed by atoms with Gasteiger partial charge in [-0.1, -0.05) is 49.1 Å². The van der Waals surface area contributed by atoms with E-state index in [0.29, 0.717) is 0 Å². The van der Waals surface area contributed by atoms with E-state index < -0.39 is 0 Å². The Morgan fingerprint density at radius 3 is 2.32 bits per heavy atom. The molecule has 2 heteroatoms. The molecule has 0 N–H and O–H groups in total. The van der Waals surface area contributed by atoms with E-state index in [2.05, 4.69) is 59.0 Å². The molecule has 4 rings (SSSR count). The highest BCUT2D eigenvalue weighted by Gasteiger charge is 2.09. The molecule has 4 aromatic rings. The van der Waals surface area contributed by atoms with E-state index in [-0.39, 0.29) is 0 Å². The standard InChI is InChI=1S/C20H14N2/c1-2-14-7-9-15(10-8-14)18-13-16-5-3-11-21-19(16)20-17(18)6-4-12-22-20/h2-13H,1H2. The molecule has 0 amide bonds. The summed E-state index contributed by atoms with van der Waals surface area (Å²) in [5.41, 5.74) is 5.37. The summed E-state index contributed by atoms with van der Waals surface area (Å²) >= 11 is 0. The predicted octanol–water partition coefficient (Wildman–Crippen LogP) is 5.09. The monoisotopic (exact) mass is 282 g/mol. The first-order valence-electron chi connectivity index (χ1n) is 7.22. The van der Waals surface area contributed by atoms with Crippen molar-refractivity contribution in [3.63, 3.8) is 0 Å². The van der Waals surface area contributed by atoms with Crippen LogP contribution in [0.25, 0.3) is 39.0 Å². The second-order valence-corrected chi connectivity index (χ2v) is 5.22. The summed E-state index contributed by atoms with van der Waals surface area (Å²) in [6, 6.07) is 18.7. The molecule has 0 fully saturated rings. The highest BCUT2D eigenvalue weighted by molar-refractivity contribution is 6.10. The average Bonchev–Trinajstić information content (AvgIpc) is 2.61. The lowest BCUT2D eigenvalue weighted by atomic mass is 9.97. The van der Waals surface area contributed by atoms with Gasteiger partial charge in [-0.05, 0) is 34.9 Å². The number of rotatable bonds is 2. The first-order valence-corrected chi connectivity index (χ1v) is 7.22. The van der Waals surface area contributed by atoms with Crippen molar-refractivity contribution in [3.8, 4) is 11.1 Å². The van der Waals surface area contributed by atoms with E-state index in [0.717, 1.165) is 27.4 Å². The van der Waals surface area contributed by atoms with Crippen molar-refractivity contribution in [2.75, 3.05) is 0 Å². The maximum Gasteiger partial charge on any atom is 0.0970 e. The molecule has 22 heavy (non-hydrogen) atoms. The lowest BCUT2D eigenvalue weighted by Gasteiger charge is -2.09. The van der Waals surface area contributed by atoms with Crippen LogP contribution in [0.15, 0.2) is 73.6 Å². The van der Waals surface area contributed by atoms with E-state index in [1.165, 1.54) is 11.1 Å². The number of hydrogen-bond acceptors (Lipinski definition) is 2. The molecule has 0 aliphatic rings. The average molecular weight is 282 g/mol. The Labute approximate surface area is 128 Å². The van der Waals surface area contributed by atoms with Crippen molar-refractivity contribution >= 4 is 27.9 Å². The summed E-state index contributed by atoms with van der Waals surface area (Å²) < 4.78 is 0. The van der Waals surface area contributed by atoms with Gasteiger partial charge >= 0.3 is 0 Å². The van der Waals surface area contributed by atoms with Gasteiger partial charge in [-0.3, -0.25) is 9.97 Å². The lowest BCUT2D eigenvalue weighted by molar-refractivity contribution is 1.37. The Kier molecular flexibility index (Phi) is 2.94. The van der Waals surface area contributed by atoms with Gasteiger partial charge in [0.2, 0.25) is 0 Å². The minimum absolute atomic E-state index is 0.948. The van der Waals surface area contributed by atoms with Crippen LogP contribution in [0.3, 0.4) is 0 Å². The van der Waals surface area contributed by atoms with Gasteiger partial charge in [0, 0.05) is 23.2 Å². The van der Waals surface area contributed by atoms with Gasteiger partial charge in [0.15, 0.2) is 0 Å². The van der Waals surface area contributed by atoms with Crippen molar-refractivity contribution in [1.82, 2.24) is 9.97 Å². The molecule has 0 bridgehead atoms. The van der Waals surface area contributed by atoms with E-state index in [1.807, 2.05) is 30.6 Å². The number of nitrogens with zero attached hydrogens (tertiary/aromatic N) is 2. The topological polar surface area (TPSA) is 25.8 Å². The summed E-state index contributed by atoms with van der Waals surface area (Å²) in [5.74, 6) is 0. The fraction of sp³-hybridized carbons (Fsp3) is 0. The molecule has 0 atom stereocenters. The Morgan fingerprint density at radius 1 is 0.818 bits per heavy atom. The first-order chi connectivity index (χ1) is 10.9. The van der Waals surface area contributed by atoms with Gasteiger partial charge in [-0.15, -0.1) is 0 Å². The Morgan fingerprint density at radius 2 is 1.55 bits per heavy atom. The smallest absolute Gasteiger partial charge is 0.0970 e. The lowest BCUT2D eigenvalue weighted by Crippen LogP contribution is -1.88. The summed E-state index contributed by atoms with van der Waals surface area (Å²) in [4.78, 5) is 9.05. The second-order valence-electron chi connectivity index (χ2n) is 5.22. The molecule has 0 aliphatic carbocycles. The largest absolute Gasteiger partial charge is 0.254 e. The number of aromatic nitrogens is 2. The van der Waals surface area contributed by atoms with Crippen molar-refractivity contribution in [2.24, 2.45) is 0 Å². The number of hydrogen-bond donors (Lipinski definition) is 0. The zero-order valence-electron chi connectivity index (χ0n) is 12.0. The fourth-order valence-electron chi connectivity index (χ4n) is 2.81. The summed E-state index contributed by atoms with van der Waals surface area (Å²) in [5, 5.41) is 2.23. The summed E-state index contributed by atoms with van der Waals surface area (Å²) in [6.45, 7) is 3.81. The van der Waals surface area contributed by atoms with Crippen LogP contribution in [0, 0.1) is 0 Å². The molecule has 2 aromatic heterocycles. The van der Waals surface area contributed by atoms with Gasteiger partial charge in [0.05, 0.1) is 11.0 Å². The van der Waals surface area contributed by atoms with Gasteiger partial charge in [0.25, 0.3) is 0 Å². The summed E-state index contributed by atoms with van der Waals surface area (Å²) in [6.07, 6.45) is 5.49. The van der Waals surface area contributed by atoms with Crippen LogP contribution in [0.4, 0.5) is 0 Å². The van der Waals surface area contributed by atoms with Crippen molar-refractivity contribution in [3.05, 3.63) is 79.1 Å². The zero-order valence-corrected chi connectivity index (χ0v) is 12.0. The minimum atomic E-state index is 0.948. The minimum Gasteiger partial charge on any atom is -0.254 e. The maximum absolute atomic E-state index is 4.55. The molecule has 2 aromatic carbocycles. The fourth-order valence-corrected chi connectivity index (χ4v) is 2.81. The molecule has 0 radical (unpaired) electrons. The van der Waals surface area contributed by atoms with Gasteiger partial charge < -0.3 is 0 Å². The molecular weight excluding hydrogens is 268 g/mol. The molecule has 0 saturated carbocycles. The predicted molar refractivity (Wildman–Crippen MR) is 92.6 cm³/mol. The number of fused-ring (bicyclic) bond motifs is 3. The van der Waals surface area contributed by atoms with Crippen LogP contribution in [0.5, 0.6) is 0 Å². The highest BCUT2D eigenvalue weighted by Crippen LogP contribution is 2.32. The van der Waals surface area contributed by atoms with E-state index in [1.54, 1.807) is 0 Å². The van der Waals surface area contributed by atoms with Gasteiger partial charge in [0.1, 0.15) is 0 Å². The zero-order chi connectivity index (χ0) is 14.9. The van der Waals surface area contributed by atoms with Crippen LogP contribution in [0.1, 0.15) is 5.56 Å². The SMILES string of the molecule is C=Cc1ccc(-c2cc3cccnc3c3ncccc23)cc1. The van der Waals surface area contributed by atoms with E-state index >= 15 is 0 Å². The van der Waals surface area contributed by atoms with E-state index in [9.17, 15) is 0 Å². The molecule has 0 saturated heterocycles. The molecule has 2 nitrogen and oxygen atoms in total. The highest BCUT2D eigenvalue weighted by atomic mass is 14.7. The van der Waals surface area contributed by atoms with Gasteiger partial charge in [-0.25, -0.2) is 0 Å². The van der Waals surface area contributed by atoms with Crippen LogP contribution >= 0.6 is 0 Å². The maximum atomic E-state index is 4.55. The van der Waals surface area contributed by atoms with Crippen molar-refractivity contribution in [1.29, 1.82) is 0 Å². The molecule has 0 aliphatic heterocycles. The molecule has 2 heterocycles. The molecule has 104 valence electrons. The van der Waals surface area contributed by atoms with E-state index in [4.69, 9.17) is 0 Å². The second kappa shape index (κ2) is 5.08.